The van der Waals surface area contributed by atoms with Crippen molar-refractivity contribution >= 4 is 23.5 Å². The molecule has 5 nitrogen and oxygen atoms in total. The molecule has 0 saturated carbocycles. The van der Waals surface area contributed by atoms with Crippen LogP contribution in [0.4, 0.5) is 10.5 Å². The zero-order valence-electron chi connectivity index (χ0n) is 13.2. The van der Waals surface area contributed by atoms with Gasteiger partial charge in [0.15, 0.2) is 5.78 Å². The SMILES string of the molecule is CC(C)(C)OC(=O)N1C(=O)CCCCC(=O)c2ccccc21. The third-order valence-electron chi connectivity index (χ3n) is 3.32. The summed E-state index contributed by atoms with van der Waals surface area (Å²) in [6.07, 6.45) is 1.09. The Morgan fingerprint density at radius 1 is 1.09 bits per heavy atom. The van der Waals surface area contributed by atoms with Crippen molar-refractivity contribution in [3.8, 4) is 0 Å². The maximum Gasteiger partial charge on any atom is 0.421 e. The van der Waals surface area contributed by atoms with Crippen molar-refractivity contribution in [1.29, 1.82) is 0 Å². The Bertz CT molecular complexity index is 601. The number of ether oxygens (including phenoxy) is 1. The molecule has 0 bridgehead atoms. The molecular weight excluding hydrogens is 282 g/mol. The molecule has 0 radical (unpaired) electrons. The summed E-state index contributed by atoms with van der Waals surface area (Å²) >= 11 is 0. The number of carbonyl (C=O) groups is 3. The Balaban J connectivity index is 2.47. The Hall–Kier alpha value is -2.17. The van der Waals surface area contributed by atoms with E-state index in [1.54, 1.807) is 45.0 Å². The minimum atomic E-state index is -0.736. The van der Waals surface area contributed by atoms with Crippen LogP contribution in [0.3, 0.4) is 0 Å². The lowest BCUT2D eigenvalue weighted by atomic mass is 10.0. The molecule has 0 fully saturated rings. The number of hydrogen-bond acceptors (Lipinski definition) is 4. The maximum atomic E-state index is 12.4. The molecule has 0 unspecified atom stereocenters. The van der Waals surface area contributed by atoms with Crippen LogP contribution in [0.2, 0.25) is 0 Å². The minimum Gasteiger partial charge on any atom is -0.443 e. The van der Waals surface area contributed by atoms with Gasteiger partial charge in [0.05, 0.1) is 5.69 Å². The number of para-hydroxylation sites is 1. The van der Waals surface area contributed by atoms with Gasteiger partial charge in [0.25, 0.3) is 0 Å². The van der Waals surface area contributed by atoms with Crippen molar-refractivity contribution in [2.24, 2.45) is 0 Å². The summed E-state index contributed by atoms with van der Waals surface area (Å²) in [6, 6.07) is 6.69. The van der Waals surface area contributed by atoms with E-state index in [9.17, 15) is 14.4 Å². The highest BCUT2D eigenvalue weighted by Crippen LogP contribution is 2.27. The van der Waals surface area contributed by atoms with Crippen molar-refractivity contribution in [3.63, 3.8) is 0 Å². The molecular formula is C17H21NO4. The number of rotatable bonds is 0. The number of anilines is 1. The number of nitrogens with zero attached hydrogens (tertiary/aromatic N) is 1. The average Bonchev–Trinajstić information content (AvgIpc) is 2.47. The van der Waals surface area contributed by atoms with Crippen LogP contribution in [0.1, 0.15) is 56.8 Å². The minimum absolute atomic E-state index is 0.0566. The van der Waals surface area contributed by atoms with Crippen LogP contribution in [-0.2, 0) is 9.53 Å². The second kappa shape index (κ2) is 6.30. The fourth-order valence-corrected chi connectivity index (χ4v) is 2.35. The summed E-state index contributed by atoms with van der Waals surface area (Å²) in [5.74, 6) is -0.393. The van der Waals surface area contributed by atoms with E-state index in [-0.39, 0.29) is 18.1 Å². The molecule has 2 amide bonds. The van der Waals surface area contributed by atoms with Gasteiger partial charge in [-0.25, -0.2) is 9.69 Å². The molecule has 1 aliphatic heterocycles. The highest BCUT2D eigenvalue weighted by atomic mass is 16.6. The van der Waals surface area contributed by atoms with E-state index in [1.807, 2.05) is 0 Å². The van der Waals surface area contributed by atoms with Gasteiger partial charge in [-0.3, -0.25) is 9.59 Å². The normalized spacial score (nSPS) is 16.4. The Kier molecular flexibility index (Phi) is 4.64. The van der Waals surface area contributed by atoms with E-state index < -0.39 is 11.7 Å². The van der Waals surface area contributed by atoms with E-state index in [0.717, 1.165) is 4.90 Å². The number of fused-ring (bicyclic) bond motifs is 1. The second-order valence-corrected chi connectivity index (χ2v) is 6.36. The molecule has 5 heteroatoms. The van der Waals surface area contributed by atoms with Gasteiger partial charge in [-0.05, 0) is 45.7 Å². The van der Waals surface area contributed by atoms with Crippen LogP contribution >= 0.6 is 0 Å². The van der Waals surface area contributed by atoms with E-state index >= 15 is 0 Å². The average molecular weight is 303 g/mol. The zero-order valence-corrected chi connectivity index (χ0v) is 13.2. The fraction of sp³-hybridized carbons (Fsp3) is 0.471. The molecule has 2 rings (SSSR count). The summed E-state index contributed by atoms with van der Waals surface area (Å²) in [4.78, 5) is 38.2. The van der Waals surface area contributed by atoms with Gasteiger partial charge in [0.2, 0.25) is 5.91 Å². The standard InChI is InChI=1S/C17H21NO4/c1-17(2,3)22-16(21)18-13-9-5-4-8-12(13)14(19)10-6-7-11-15(18)20/h4-5,8-9H,6-7,10-11H2,1-3H3. The van der Waals surface area contributed by atoms with E-state index in [0.29, 0.717) is 30.5 Å². The highest BCUT2D eigenvalue weighted by molar-refractivity contribution is 6.16. The van der Waals surface area contributed by atoms with Crippen molar-refractivity contribution in [1.82, 2.24) is 0 Å². The number of carbonyl (C=O) groups excluding carboxylic acids is 3. The highest BCUT2D eigenvalue weighted by Gasteiger charge is 2.31. The first-order chi connectivity index (χ1) is 10.3. The lowest BCUT2D eigenvalue weighted by Gasteiger charge is -2.27. The monoisotopic (exact) mass is 303 g/mol. The Morgan fingerprint density at radius 3 is 2.41 bits per heavy atom. The number of hydrogen-bond donors (Lipinski definition) is 0. The lowest BCUT2D eigenvalue weighted by Crippen LogP contribution is -2.41. The van der Waals surface area contributed by atoms with Gasteiger partial charge in [-0.2, -0.15) is 0 Å². The van der Waals surface area contributed by atoms with Gasteiger partial charge in [0, 0.05) is 18.4 Å². The van der Waals surface area contributed by atoms with Crippen molar-refractivity contribution in [2.45, 2.75) is 52.1 Å². The summed E-state index contributed by atoms with van der Waals surface area (Å²) < 4.78 is 5.33. The van der Waals surface area contributed by atoms with Crippen LogP contribution in [0.25, 0.3) is 0 Å². The molecule has 0 N–H and O–H groups in total. The predicted molar refractivity (Wildman–Crippen MR) is 83.0 cm³/mol. The molecule has 1 aromatic carbocycles. The summed E-state index contributed by atoms with van der Waals surface area (Å²) in [5, 5.41) is 0. The van der Waals surface area contributed by atoms with Gasteiger partial charge in [-0.15, -0.1) is 0 Å². The molecule has 1 aromatic rings. The van der Waals surface area contributed by atoms with Crippen molar-refractivity contribution < 1.29 is 19.1 Å². The number of imide groups is 1. The van der Waals surface area contributed by atoms with Gasteiger partial charge in [-0.1, -0.05) is 12.1 Å². The van der Waals surface area contributed by atoms with Crippen LogP contribution in [0, 0.1) is 0 Å². The smallest absolute Gasteiger partial charge is 0.421 e. The first-order valence-corrected chi connectivity index (χ1v) is 7.48. The Labute approximate surface area is 130 Å². The quantitative estimate of drug-likeness (QED) is 0.733. The van der Waals surface area contributed by atoms with Gasteiger partial charge >= 0.3 is 6.09 Å². The third kappa shape index (κ3) is 3.72. The largest absolute Gasteiger partial charge is 0.443 e. The molecule has 1 aliphatic rings. The van der Waals surface area contributed by atoms with Gasteiger partial charge in [0.1, 0.15) is 5.60 Å². The van der Waals surface area contributed by atoms with Crippen LogP contribution < -0.4 is 4.90 Å². The van der Waals surface area contributed by atoms with Crippen molar-refractivity contribution in [3.05, 3.63) is 29.8 Å². The van der Waals surface area contributed by atoms with Crippen LogP contribution in [-0.4, -0.2) is 23.4 Å². The molecule has 1 heterocycles. The molecule has 118 valence electrons. The molecule has 0 aromatic heterocycles. The number of amides is 2. The maximum absolute atomic E-state index is 12.4. The van der Waals surface area contributed by atoms with E-state index in [4.69, 9.17) is 4.74 Å². The first-order valence-electron chi connectivity index (χ1n) is 7.48. The summed E-state index contributed by atoms with van der Waals surface area (Å²) in [7, 11) is 0. The third-order valence-corrected chi connectivity index (χ3v) is 3.32. The molecule has 0 atom stereocenters. The first kappa shape index (κ1) is 16.2. The van der Waals surface area contributed by atoms with Crippen LogP contribution in [0.15, 0.2) is 24.3 Å². The molecule has 0 aliphatic carbocycles. The molecule has 22 heavy (non-hydrogen) atoms. The Morgan fingerprint density at radius 2 is 1.73 bits per heavy atom. The molecule has 0 saturated heterocycles. The second-order valence-electron chi connectivity index (χ2n) is 6.36. The fourth-order valence-electron chi connectivity index (χ4n) is 2.35. The summed E-state index contributed by atoms with van der Waals surface area (Å²) in [5.41, 5.74) is -0.00775. The number of benzene rings is 1. The molecule has 0 spiro atoms. The topological polar surface area (TPSA) is 63.7 Å². The van der Waals surface area contributed by atoms with Crippen molar-refractivity contribution in [2.75, 3.05) is 4.90 Å². The lowest BCUT2D eigenvalue weighted by molar-refractivity contribution is -0.118. The summed E-state index contributed by atoms with van der Waals surface area (Å²) in [6.45, 7) is 5.22. The number of Topliss-reactive ketones (excluding diaryl/α,β-unsaturated/α-hetero) is 1. The predicted octanol–water partition coefficient (Wildman–Crippen LogP) is 3.71. The van der Waals surface area contributed by atoms with E-state index in [2.05, 4.69) is 0 Å². The van der Waals surface area contributed by atoms with E-state index in [1.165, 1.54) is 0 Å². The number of ketones is 1. The zero-order chi connectivity index (χ0) is 16.3. The van der Waals surface area contributed by atoms with Gasteiger partial charge < -0.3 is 4.74 Å². The van der Waals surface area contributed by atoms with Crippen LogP contribution in [0.5, 0.6) is 0 Å².